The summed E-state index contributed by atoms with van der Waals surface area (Å²) in [5.74, 6) is -2.03. The maximum atomic E-state index is 12.8. The molecule has 0 aromatic rings. The highest BCUT2D eigenvalue weighted by Crippen LogP contribution is 2.75. The maximum Gasteiger partial charge on any atom is 0.352 e. The van der Waals surface area contributed by atoms with Gasteiger partial charge in [-0.1, -0.05) is 0 Å². The lowest BCUT2D eigenvalue weighted by atomic mass is 9.78. The third-order valence-electron chi connectivity index (χ3n) is 5.22. The lowest BCUT2D eigenvalue weighted by molar-refractivity contribution is -0.163. The van der Waals surface area contributed by atoms with E-state index in [4.69, 9.17) is 4.74 Å². The first-order valence-corrected chi connectivity index (χ1v) is 9.42. The van der Waals surface area contributed by atoms with Crippen LogP contribution in [0.25, 0.3) is 0 Å². The molecule has 1 saturated heterocycles. The SMILES string of the molecule is CC(=O)OC/C(CS)=C(\C(=O)O)N1C(=O)[C@@]2(C[C@H]2NC(=O)I)C12CC2. The zero-order chi connectivity index (χ0) is 18.6. The number of likely N-dealkylation sites (tertiary alicyclic amines) is 1. The van der Waals surface area contributed by atoms with E-state index in [0.29, 0.717) is 19.3 Å². The number of carbonyl (C=O) groups excluding carboxylic acids is 3. The Morgan fingerprint density at radius 1 is 1.44 bits per heavy atom. The number of rotatable bonds is 6. The van der Waals surface area contributed by atoms with Crippen LogP contribution in [0.15, 0.2) is 11.3 Å². The van der Waals surface area contributed by atoms with E-state index < -0.39 is 22.9 Å². The molecule has 3 rings (SSSR count). The average molecular weight is 480 g/mol. The van der Waals surface area contributed by atoms with Gasteiger partial charge in [0.1, 0.15) is 12.3 Å². The molecule has 0 unspecified atom stereocenters. The van der Waals surface area contributed by atoms with Gasteiger partial charge in [-0.3, -0.25) is 19.3 Å². The average Bonchev–Trinajstić information content (AvgIpc) is 3.40. The number of fused-ring (bicyclic) bond motifs is 1. The summed E-state index contributed by atoms with van der Waals surface area (Å²) < 4.78 is 4.67. The van der Waals surface area contributed by atoms with Crippen molar-refractivity contribution in [2.75, 3.05) is 12.4 Å². The van der Waals surface area contributed by atoms with Crippen molar-refractivity contribution in [3.05, 3.63) is 11.3 Å². The van der Waals surface area contributed by atoms with Gasteiger partial charge in [0, 0.05) is 46.9 Å². The van der Waals surface area contributed by atoms with Crippen molar-refractivity contribution in [2.45, 2.75) is 37.8 Å². The quantitative estimate of drug-likeness (QED) is 0.0999. The third kappa shape index (κ3) is 2.64. The number of hydrogen-bond acceptors (Lipinski definition) is 6. The highest BCUT2D eigenvalue weighted by molar-refractivity contribution is 14.1. The molecule has 0 radical (unpaired) electrons. The Balaban J connectivity index is 1.90. The first-order valence-electron chi connectivity index (χ1n) is 7.71. The molecular formula is C15H17IN2O6S. The molecule has 3 fully saturated rings. The Morgan fingerprint density at radius 3 is 2.52 bits per heavy atom. The number of nitrogens with zero attached hydrogens (tertiary/aromatic N) is 1. The molecule has 2 aliphatic carbocycles. The summed E-state index contributed by atoms with van der Waals surface area (Å²) >= 11 is 5.75. The summed E-state index contributed by atoms with van der Waals surface area (Å²) in [5.41, 5.74) is -1.12. The van der Waals surface area contributed by atoms with E-state index >= 15 is 0 Å². The first-order chi connectivity index (χ1) is 11.7. The van der Waals surface area contributed by atoms with Crippen molar-refractivity contribution in [1.82, 2.24) is 10.2 Å². The van der Waals surface area contributed by atoms with Crippen LogP contribution in [0.3, 0.4) is 0 Å². The van der Waals surface area contributed by atoms with Gasteiger partial charge < -0.3 is 15.2 Å². The summed E-state index contributed by atoms with van der Waals surface area (Å²) in [6.45, 7) is 1.01. The maximum absolute atomic E-state index is 12.8. The molecule has 2 N–H and O–H groups in total. The van der Waals surface area contributed by atoms with Gasteiger partial charge in [0.05, 0.1) is 11.0 Å². The molecule has 2 spiro atoms. The molecule has 0 aromatic carbocycles. The minimum absolute atomic E-state index is 0.0513. The number of carbonyl (C=O) groups is 4. The van der Waals surface area contributed by atoms with Crippen LogP contribution in [0.5, 0.6) is 0 Å². The Hall–Kier alpha value is -1.30. The molecule has 136 valence electrons. The van der Waals surface area contributed by atoms with Crippen LogP contribution in [0.4, 0.5) is 4.79 Å². The van der Waals surface area contributed by atoms with Crippen LogP contribution >= 0.6 is 35.2 Å². The van der Waals surface area contributed by atoms with Gasteiger partial charge in [0.2, 0.25) is 5.91 Å². The number of thiol groups is 1. The largest absolute Gasteiger partial charge is 0.477 e. The Bertz CT molecular complexity index is 719. The zero-order valence-corrected chi connectivity index (χ0v) is 16.4. The number of aliphatic carboxylic acids is 1. The lowest BCUT2D eigenvalue weighted by Gasteiger charge is -2.50. The number of esters is 1. The monoisotopic (exact) mass is 480 g/mol. The Labute approximate surface area is 162 Å². The van der Waals surface area contributed by atoms with Crippen LogP contribution in [0.2, 0.25) is 0 Å². The standard InChI is InChI=1S/C15H17IN2O6S/c1-7(19)24-5-8(6-25)10(11(20)21)18-12(22)15(14(18)2-3-14)4-9(15)17-13(16)23/h9,25H,2-6H2,1H3,(H,17,23)(H,20,21)/b10-8-/t9-,15+/m1/s1. The molecule has 8 nitrogen and oxygen atoms in total. The van der Waals surface area contributed by atoms with Crippen molar-refractivity contribution in [2.24, 2.45) is 5.41 Å². The van der Waals surface area contributed by atoms with E-state index in [2.05, 4.69) is 17.9 Å². The van der Waals surface area contributed by atoms with Crippen molar-refractivity contribution in [3.8, 4) is 0 Å². The van der Waals surface area contributed by atoms with Gasteiger partial charge in [-0.25, -0.2) is 4.79 Å². The summed E-state index contributed by atoms with van der Waals surface area (Å²) in [4.78, 5) is 48.3. The molecule has 3 aliphatic rings. The minimum atomic E-state index is -1.25. The molecule has 0 aromatic heterocycles. The highest BCUT2D eigenvalue weighted by atomic mass is 127. The Kier molecular flexibility index (Phi) is 4.55. The predicted molar refractivity (Wildman–Crippen MR) is 97.3 cm³/mol. The molecular weight excluding hydrogens is 463 g/mol. The number of halogens is 1. The van der Waals surface area contributed by atoms with Crippen molar-refractivity contribution in [1.29, 1.82) is 0 Å². The fourth-order valence-electron chi connectivity index (χ4n) is 3.95. The molecule has 1 aliphatic heterocycles. The molecule has 2 amide bonds. The fourth-order valence-corrected chi connectivity index (χ4v) is 4.57. The van der Waals surface area contributed by atoms with E-state index in [1.54, 1.807) is 22.6 Å². The van der Waals surface area contributed by atoms with E-state index in [0.717, 1.165) is 0 Å². The van der Waals surface area contributed by atoms with Gasteiger partial charge in [0.15, 0.2) is 0 Å². The second-order valence-electron chi connectivity index (χ2n) is 6.51. The number of hydrogen-bond donors (Lipinski definition) is 3. The number of amides is 2. The third-order valence-corrected chi connectivity index (χ3v) is 5.91. The van der Waals surface area contributed by atoms with Gasteiger partial charge >= 0.3 is 11.9 Å². The second-order valence-corrected chi connectivity index (χ2v) is 7.81. The summed E-state index contributed by atoms with van der Waals surface area (Å²) in [6.07, 6.45) is 1.91. The van der Waals surface area contributed by atoms with Crippen LogP contribution in [-0.2, 0) is 19.1 Å². The van der Waals surface area contributed by atoms with E-state index in [1.807, 2.05) is 0 Å². The minimum Gasteiger partial charge on any atom is -0.477 e. The Morgan fingerprint density at radius 2 is 2.08 bits per heavy atom. The lowest BCUT2D eigenvalue weighted by Crippen LogP contribution is -2.67. The molecule has 25 heavy (non-hydrogen) atoms. The van der Waals surface area contributed by atoms with Crippen LogP contribution in [0.1, 0.15) is 26.2 Å². The molecule has 2 atom stereocenters. The summed E-state index contributed by atoms with van der Waals surface area (Å²) in [7, 11) is 0. The van der Waals surface area contributed by atoms with E-state index in [-0.39, 0.29) is 39.5 Å². The summed E-state index contributed by atoms with van der Waals surface area (Å²) in [5, 5.41) is 12.4. The van der Waals surface area contributed by atoms with E-state index in [9.17, 15) is 24.3 Å². The molecule has 0 bridgehead atoms. The smallest absolute Gasteiger partial charge is 0.352 e. The zero-order valence-electron chi connectivity index (χ0n) is 13.4. The molecule has 10 heteroatoms. The normalized spacial score (nSPS) is 29.0. The number of carboxylic acids is 1. The van der Waals surface area contributed by atoms with Crippen LogP contribution in [-0.4, -0.2) is 55.7 Å². The number of carboxylic acid groups (broad SMARTS) is 1. The second kappa shape index (κ2) is 6.15. The van der Waals surface area contributed by atoms with E-state index in [1.165, 1.54) is 11.8 Å². The van der Waals surface area contributed by atoms with Gasteiger partial charge in [-0.05, 0) is 19.3 Å². The van der Waals surface area contributed by atoms with Crippen molar-refractivity contribution < 1.29 is 29.0 Å². The van der Waals surface area contributed by atoms with Crippen LogP contribution < -0.4 is 5.32 Å². The highest BCUT2D eigenvalue weighted by Gasteiger charge is 2.87. The molecule has 1 heterocycles. The number of ether oxygens (including phenoxy) is 1. The van der Waals surface area contributed by atoms with Gasteiger partial charge in [0.25, 0.3) is 3.91 Å². The number of nitrogens with one attached hydrogen (secondary N) is 1. The van der Waals surface area contributed by atoms with Gasteiger partial charge in [-0.2, -0.15) is 12.6 Å². The molecule has 2 saturated carbocycles. The van der Waals surface area contributed by atoms with Crippen molar-refractivity contribution in [3.63, 3.8) is 0 Å². The fraction of sp³-hybridized carbons (Fsp3) is 0.600. The topological polar surface area (TPSA) is 113 Å². The summed E-state index contributed by atoms with van der Waals surface area (Å²) in [6, 6.07) is -0.244. The van der Waals surface area contributed by atoms with Gasteiger partial charge in [-0.15, -0.1) is 0 Å². The van der Waals surface area contributed by atoms with Crippen molar-refractivity contribution >= 4 is 57.0 Å². The van der Waals surface area contributed by atoms with Crippen LogP contribution in [0, 0.1) is 5.41 Å². The number of β-lactam (4-membered cyclic amide) rings is 1. The first kappa shape index (κ1) is 18.5. The predicted octanol–water partition coefficient (Wildman–Crippen LogP) is 1.10.